The summed E-state index contributed by atoms with van der Waals surface area (Å²) in [5, 5.41) is 3.07. The lowest BCUT2D eigenvalue weighted by molar-refractivity contribution is 0.0919. The summed E-state index contributed by atoms with van der Waals surface area (Å²) in [6.45, 7) is 7.75. The van der Waals surface area contributed by atoms with Crippen molar-refractivity contribution in [3.05, 3.63) is 23.8 Å². The van der Waals surface area contributed by atoms with Gasteiger partial charge in [-0.2, -0.15) is 0 Å². The Morgan fingerprint density at radius 2 is 2.23 bits per heavy atom. The largest absolute Gasteiger partial charge is 0.454 e. The number of fused-ring (bicyclic) bond motifs is 1. The van der Waals surface area contributed by atoms with Gasteiger partial charge in [0.2, 0.25) is 6.79 Å². The van der Waals surface area contributed by atoms with Crippen molar-refractivity contribution in [2.45, 2.75) is 32.7 Å². The molecule has 1 amide bonds. The Morgan fingerprint density at radius 3 is 3.05 bits per heavy atom. The first-order valence-electron chi connectivity index (χ1n) is 8.04. The van der Waals surface area contributed by atoms with Crippen LogP contribution in [0.15, 0.2) is 18.2 Å². The van der Waals surface area contributed by atoms with Gasteiger partial charge in [0.15, 0.2) is 11.5 Å². The van der Waals surface area contributed by atoms with Crippen LogP contribution in [0.4, 0.5) is 0 Å². The topological polar surface area (TPSA) is 50.8 Å². The molecule has 2 aliphatic rings. The van der Waals surface area contributed by atoms with E-state index in [2.05, 4.69) is 24.1 Å². The number of carbonyl (C=O) groups excluding carboxylic acids is 1. The fourth-order valence-corrected chi connectivity index (χ4v) is 3.23. The van der Waals surface area contributed by atoms with Gasteiger partial charge in [-0.05, 0) is 50.4 Å². The molecule has 0 radical (unpaired) electrons. The molecular weight excluding hydrogens is 280 g/mol. The number of hydrogen-bond donors (Lipinski definition) is 1. The summed E-state index contributed by atoms with van der Waals surface area (Å²) in [5.41, 5.74) is 0.614. The number of amides is 1. The molecule has 0 aromatic heterocycles. The van der Waals surface area contributed by atoms with Gasteiger partial charge in [0.25, 0.3) is 5.91 Å². The molecule has 0 bridgehead atoms. The van der Waals surface area contributed by atoms with E-state index in [0.717, 1.165) is 25.6 Å². The van der Waals surface area contributed by atoms with Gasteiger partial charge in [0.1, 0.15) is 0 Å². The quantitative estimate of drug-likeness (QED) is 0.927. The minimum atomic E-state index is -0.0594. The lowest BCUT2D eigenvalue weighted by Crippen LogP contribution is -2.45. The minimum Gasteiger partial charge on any atom is -0.454 e. The summed E-state index contributed by atoms with van der Waals surface area (Å²) in [6.07, 6.45) is 2.57. The van der Waals surface area contributed by atoms with Gasteiger partial charge in [-0.15, -0.1) is 0 Å². The highest BCUT2D eigenvalue weighted by atomic mass is 16.7. The van der Waals surface area contributed by atoms with E-state index in [0.29, 0.717) is 17.1 Å². The van der Waals surface area contributed by atoms with Gasteiger partial charge in [-0.25, -0.2) is 0 Å². The van der Waals surface area contributed by atoms with Gasteiger partial charge < -0.3 is 19.7 Å². The first kappa shape index (κ1) is 15.2. The third kappa shape index (κ3) is 3.53. The van der Waals surface area contributed by atoms with Crippen LogP contribution in [0, 0.1) is 5.92 Å². The number of likely N-dealkylation sites (tertiary alicyclic amines) is 1. The van der Waals surface area contributed by atoms with Crippen LogP contribution in [0.2, 0.25) is 0 Å². The molecule has 3 rings (SSSR count). The Hall–Kier alpha value is -1.75. The van der Waals surface area contributed by atoms with Crippen molar-refractivity contribution in [3.8, 4) is 11.5 Å². The average Bonchev–Trinajstić information content (AvgIpc) is 2.94. The number of piperidine rings is 1. The molecular formula is C17H24N2O3. The predicted molar refractivity (Wildman–Crippen MR) is 84.3 cm³/mol. The Morgan fingerprint density at radius 1 is 1.41 bits per heavy atom. The van der Waals surface area contributed by atoms with Crippen LogP contribution in [-0.2, 0) is 0 Å². The van der Waals surface area contributed by atoms with Gasteiger partial charge >= 0.3 is 0 Å². The molecule has 1 aromatic carbocycles. The van der Waals surface area contributed by atoms with Crippen molar-refractivity contribution in [2.24, 2.45) is 5.92 Å². The Bertz CT molecular complexity index is 547. The van der Waals surface area contributed by atoms with E-state index in [1.807, 2.05) is 0 Å². The highest BCUT2D eigenvalue weighted by molar-refractivity contribution is 5.95. The molecule has 5 nitrogen and oxygen atoms in total. The van der Waals surface area contributed by atoms with E-state index in [1.165, 1.54) is 12.8 Å². The fourth-order valence-electron chi connectivity index (χ4n) is 3.23. The van der Waals surface area contributed by atoms with Crippen molar-refractivity contribution in [1.29, 1.82) is 0 Å². The second kappa shape index (κ2) is 6.57. The number of hydrogen-bond acceptors (Lipinski definition) is 4. The van der Waals surface area contributed by atoms with E-state index in [4.69, 9.17) is 9.47 Å². The summed E-state index contributed by atoms with van der Waals surface area (Å²) in [7, 11) is 0. The third-order valence-electron chi connectivity index (χ3n) is 4.29. The predicted octanol–water partition coefficient (Wildman–Crippen LogP) is 2.27. The van der Waals surface area contributed by atoms with E-state index in [-0.39, 0.29) is 18.7 Å². The lowest BCUT2D eigenvalue weighted by atomic mass is 10.00. The summed E-state index contributed by atoms with van der Waals surface area (Å²) in [6, 6.07) is 5.43. The van der Waals surface area contributed by atoms with Crippen LogP contribution in [0.5, 0.6) is 11.5 Å². The van der Waals surface area contributed by atoms with Gasteiger partial charge in [0.05, 0.1) is 0 Å². The van der Waals surface area contributed by atoms with Crippen LogP contribution in [-0.4, -0.2) is 43.3 Å². The van der Waals surface area contributed by atoms with Gasteiger partial charge in [0, 0.05) is 24.7 Å². The van der Waals surface area contributed by atoms with Crippen molar-refractivity contribution >= 4 is 5.91 Å². The SMILES string of the molecule is C[C@H]1CCCN(C[C@H](C)NC(=O)c2ccc3c(c2)OCO3)C1. The van der Waals surface area contributed by atoms with Crippen LogP contribution in [0.3, 0.4) is 0 Å². The highest BCUT2D eigenvalue weighted by Crippen LogP contribution is 2.32. The number of nitrogens with zero attached hydrogens (tertiary/aromatic N) is 1. The Kier molecular flexibility index (Phi) is 4.52. The molecule has 120 valence electrons. The van der Waals surface area contributed by atoms with E-state index >= 15 is 0 Å². The third-order valence-corrected chi connectivity index (χ3v) is 4.29. The molecule has 1 saturated heterocycles. The molecule has 2 atom stereocenters. The maximum Gasteiger partial charge on any atom is 0.251 e. The number of rotatable bonds is 4. The molecule has 0 aliphatic carbocycles. The normalized spacial score (nSPS) is 22.4. The summed E-state index contributed by atoms with van der Waals surface area (Å²) in [5.74, 6) is 2.04. The van der Waals surface area contributed by atoms with Gasteiger partial charge in [-0.1, -0.05) is 6.92 Å². The second-order valence-corrected chi connectivity index (χ2v) is 6.45. The van der Waals surface area contributed by atoms with E-state index in [1.54, 1.807) is 18.2 Å². The maximum absolute atomic E-state index is 12.3. The molecule has 5 heteroatoms. The smallest absolute Gasteiger partial charge is 0.251 e. The number of benzene rings is 1. The number of nitrogens with one attached hydrogen (secondary N) is 1. The Labute approximate surface area is 131 Å². The zero-order chi connectivity index (χ0) is 15.5. The standard InChI is InChI=1S/C17H24N2O3/c1-12-4-3-7-19(9-12)10-13(2)18-17(20)14-5-6-15-16(8-14)22-11-21-15/h5-6,8,12-13H,3-4,7,9-11H2,1-2H3,(H,18,20)/t12-,13-/m0/s1. The van der Waals surface area contributed by atoms with Crippen molar-refractivity contribution < 1.29 is 14.3 Å². The summed E-state index contributed by atoms with van der Waals surface area (Å²) < 4.78 is 10.6. The summed E-state index contributed by atoms with van der Waals surface area (Å²) in [4.78, 5) is 14.8. The Balaban J connectivity index is 1.54. The second-order valence-electron chi connectivity index (χ2n) is 6.45. The van der Waals surface area contributed by atoms with Crippen LogP contribution in [0.25, 0.3) is 0 Å². The minimum absolute atomic E-state index is 0.0594. The molecule has 0 spiro atoms. The monoisotopic (exact) mass is 304 g/mol. The van der Waals surface area contributed by atoms with Gasteiger partial charge in [-0.3, -0.25) is 4.79 Å². The fraction of sp³-hybridized carbons (Fsp3) is 0.588. The average molecular weight is 304 g/mol. The zero-order valence-corrected chi connectivity index (χ0v) is 13.3. The molecule has 0 saturated carbocycles. The molecule has 22 heavy (non-hydrogen) atoms. The molecule has 2 heterocycles. The lowest BCUT2D eigenvalue weighted by Gasteiger charge is -2.32. The number of ether oxygens (including phenoxy) is 2. The van der Waals surface area contributed by atoms with Crippen LogP contribution < -0.4 is 14.8 Å². The number of carbonyl (C=O) groups is 1. The highest BCUT2D eigenvalue weighted by Gasteiger charge is 2.20. The zero-order valence-electron chi connectivity index (χ0n) is 13.3. The van der Waals surface area contributed by atoms with Crippen LogP contribution in [0.1, 0.15) is 37.0 Å². The first-order chi connectivity index (χ1) is 10.6. The van der Waals surface area contributed by atoms with Crippen molar-refractivity contribution in [3.63, 3.8) is 0 Å². The molecule has 1 fully saturated rings. The maximum atomic E-state index is 12.3. The van der Waals surface area contributed by atoms with E-state index < -0.39 is 0 Å². The molecule has 1 N–H and O–H groups in total. The van der Waals surface area contributed by atoms with Crippen molar-refractivity contribution in [1.82, 2.24) is 10.2 Å². The first-order valence-corrected chi connectivity index (χ1v) is 8.04. The molecule has 1 aromatic rings. The molecule has 0 unspecified atom stereocenters. The van der Waals surface area contributed by atoms with Crippen molar-refractivity contribution in [2.75, 3.05) is 26.4 Å². The van der Waals surface area contributed by atoms with E-state index in [9.17, 15) is 4.79 Å². The van der Waals surface area contributed by atoms with Crippen LogP contribution >= 0.6 is 0 Å². The molecule has 2 aliphatic heterocycles. The summed E-state index contributed by atoms with van der Waals surface area (Å²) >= 11 is 0.